The fourth-order valence-corrected chi connectivity index (χ4v) is 0.981. The van der Waals surface area contributed by atoms with Gasteiger partial charge in [-0.3, -0.25) is 0 Å². The van der Waals surface area contributed by atoms with E-state index in [9.17, 15) is 0 Å². The molecule has 0 fully saturated rings. The summed E-state index contributed by atoms with van der Waals surface area (Å²) >= 11 is 0. The first-order valence-corrected chi connectivity index (χ1v) is 4.27. The summed E-state index contributed by atoms with van der Waals surface area (Å²) in [5, 5.41) is 0. The van der Waals surface area contributed by atoms with Gasteiger partial charge in [-0.1, -0.05) is 26.7 Å². The molecular weight excluding hydrogens is 122 g/mol. The lowest BCUT2D eigenvalue weighted by Crippen LogP contribution is -2.12. The van der Waals surface area contributed by atoms with E-state index < -0.39 is 0 Å². The van der Waals surface area contributed by atoms with Gasteiger partial charge in [-0.05, 0) is 33.0 Å². The van der Waals surface area contributed by atoms with Crippen LogP contribution in [0, 0.1) is 5.92 Å². The van der Waals surface area contributed by atoms with Crippen LogP contribution in [0.3, 0.4) is 0 Å². The molecule has 0 amide bonds. The zero-order valence-electron chi connectivity index (χ0n) is 7.85. The van der Waals surface area contributed by atoms with Gasteiger partial charge in [0, 0.05) is 0 Å². The summed E-state index contributed by atoms with van der Waals surface area (Å²) in [6.45, 7) is 5.82. The highest BCUT2D eigenvalue weighted by molar-refractivity contribution is 4.48. The zero-order chi connectivity index (χ0) is 7.98. The highest BCUT2D eigenvalue weighted by Crippen LogP contribution is 2.05. The fraction of sp³-hybridized carbons (Fsp3) is 1.00. The van der Waals surface area contributed by atoms with Gasteiger partial charge in [0.1, 0.15) is 0 Å². The Labute approximate surface area is 65.4 Å². The van der Waals surface area contributed by atoms with Crippen molar-refractivity contribution >= 4 is 0 Å². The highest BCUT2D eigenvalue weighted by atomic mass is 15.0. The van der Waals surface area contributed by atoms with E-state index in [1.165, 1.54) is 25.8 Å². The van der Waals surface area contributed by atoms with Gasteiger partial charge >= 0.3 is 0 Å². The van der Waals surface area contributed by atoms with Gasteiger partial charge in [-0.25, -0.2) is 0 Å². The molecule has 62 valence electrons. The lowest BCUT2D eigenvalue weighted by atomic mass is 10.1. The third-order valence-corrected chi connectivity index (χ3v) is 1.64. The predicted molar refractivity (Wildman–Crippen MR) is 47.2 cm³/mol. The largest absolute Gasteiger partial charge is 0.309 e. The molecule has 0 aliphatic heterocycles. The van der Waals surface area contributed by atoms with Crippen molar-refractivity contribution in [2.75, 3.05) is 20.6 Å². The highest BCUT2D eigenvalue weighted by Gasteiger charge is 1.94. The molecule has 0 aliphatic rings. The summed E-state index contributed by atoms with van der Waals surface area (Å²) in [7, 11) is 4.27. The van der Waals surface area contributed by atoms with E-state index in [1.807, 2.05) is 0 Å². The van der Waals surface area contributed by atoms with Crippen LogP contribution in [0.15, 0.2) is 0 Å². The molecule has 0 saturated heterocycles. The van der Waals surface area contributed by atoms with Gasteiger partial charge in [0.15, 0.2) is 0 Å². The second-order valence-corrected chi connectivity index (χ2v) is 3.69. The van der Waals surface area contributed by atoms with E-state index in [2.05, 4.69) is 32.8 Å². The number of nitrogens with zero attached hydrogens (tertiary/aromatic N) is 1. The second-order valence-electron chi connectivity index (χ2n) is 3.69. The first kappa shape index (κ1) is 9.96. The lowest BCUT2D eigenvalue weighted by molar-refractivity contribution is 0.383. The quantitative estimate of drug-likeness (QED) is 0.534. The molecule has 0 rings (SSSR count). The molecule has 1 nitrogen and oxygen atoms in total. The van der Waals surface area contributed by atoms with Crippen molar-refractivity contribution in [3.8, 4) is 0 Å². The number of rotatable bonds is 5. The molecule has 10 heavy (non-hydrogen) atoms. The van der Waals surface area contributed by atoms with Crippen LogP contribution in [0.1, 0.15) is 33.1 Å². The van der Waals surface area contributed by atoms with Gasteiger partial charge in [0.05, 0.1) is 0 Å². The van der Waals surface area contributed by atoms with E-state index in [4.69, 9.17) is 0 Å². The van der Waals surface area contributed by atoms with E-state index in [1.54, 1.807) is 0 Å². The van der Waals surface area contributed by atoms with Crippen LogP contribution in [0.25, 0.3) is 0 Å². The summed E-state index contributed by atoms with van der Waals surface area (Å²) in [6.07, 6.45) is 4.12. The zero-order valence-corrected chi connectivity index (χ0v) is 7.85. The van der Waals surface area contributed by atoms with Gasteiger partial charge in [-0.2, -0.15) is 0 Å². The monoisotopic (exact) mass is 143 g/mol. The van der Waals surface area contributed by atoms with E-state index >= 15 is 0 Å². The molecular formula is C9H21N. The molecule has 0 aromatic carbocycles. The average molecular weight is 143 g/mol. The SMILES string of the molecule is CC(C)CCCCN(C)C. The Morgan fingerprint density at radius 2 is 1.70 bits per heavy atom. The van der Waals surface area contributed by atoms with Crippen LogP contribution in [0.2, 0.25) is 0 Å². The van der Waals surface area contributed by atoms with Crippen LogP contribution < -0.4 is 0 Å². The minimum atomic E-state index is 0.877. The Hall–Kier alpha value is -0.0400. The maximum atomic E-state index is 2.29. The van der Waals surface area contributed by atoms with Gasteiger partial charge in [-0.15, -0.1) is 0 Å². The molecule has 0 saturated carbocycles. The second kappa shape index (κ2) is 5.72. The molecule has 0 unspecified atom stereocenters. The number of unbranched alkanes of at least 4 members (excludes halogenated alkanes) is 1. The van der Waals surface area contributed by atoms with E-state index in [0.29, 0.717) is 0 Å². The molecule has 1 heteroatoms. The Morgan fingerprint density at radius 1 is 1.10 bits per heavy atom. The van der Waals surface area contributed by atoms with Crippen molar-refractivity contribution < 1.29 is 0 Å². The van der Waals surface area contributed by atoms with Gasteiger partial charge < -0.3 is 4.90 Å². The van der Waals surface area contributed by atoms with Crippen LogP contribution >= 0.6 is 0 Å². The standard InChI is InChI=1S/C9H21N/c1-9(2)7-5-6-8-10(3)4/h9H,5-8H2,1-4H3. The normalized spacial score (nSPS) is 11.4. The molecule has 0 radical (unpaired) electrons. The molecule has 0 aromatic heterocycles. The molecule has 0 heterocycles. The Kier molecular flexibility index (Phi) is 5.70. The van der Waals surface area contributed by atoms with Crippen LogP contribution in [-0.4, -0.2) is 25.5 Å². The van der Waals surface area contributed by atoms with Crippen molar-refractivity contribution in [2.45, 2.75) is 33.1 Å². The van der Waals surface area contributed by atoms with Crippen LogP contribution in [0.4, 0.5) is 0 Å². The molecule has 0 spiro atoms. The van der Waals surface area contributed by atoms with Gasteiger partial charge in [0.2, 0.25) is 0 Å². The first-order valence-electron chi connectivity index (χ1n) is 4.27. The third-order valence-electron chi connectivity index (χ3n) is 1.64. The third kappa shape index (κ3) is 7.96. The summed E-state index contributed by atoms with van der Waals surface area (Å²) in [6, 6.07) is 0. The molecule has 0 N–H and O–H groups in total. The van der Waals surface area contributed by atoms with Crippen molar-refractivity contribution in [3.05, 3.63) is 0 Å². The number of hydrogen-bond acceptors (Lipinski definition) is 1. The minimum absolute atomic E-state index is 0.877. The van der Waals surface area contributed by atoms with Gasteiger partial charge in [0.25, 0.3) is 0 Å². The summed E-state index contributed by atoms with van der Waals surface area (Å²) in [5.74, 6) is 0.877. The Morgan fingerprint density at radius 3 is 2.10 bits per heavy atom. The van der Waals surface area contributed by atoms with Crippen molar-refractivity contribution in [3.63, 3.8) is 0 Å². The molecule has 0 bridgehead atoms. The minimum Gasteiger partial charge on any atom is -0.309 e. The Bertz CT molecular complexity index is 57.1. The smallest absolute Gasteiger partial charge is 0.00248 e. The number of hydrogen-bond donors (Lipinski definition) is 0. The summed E-state index contributed by atoms with van der Waals surface area (Å²) in [5.41, 5.74) is 0. The van der Waals surface area contributed by atoms with E-state index in [0.717, 1.165) is 5.92 Å². The maximum Gasteiger partial charge on any atom is -0.00248 e. The fourth-order valence-electron chi connectivity index (χ4n) is 0.981. The predicted octanol–water partition coefficient (Wildman–Crippen LogP) is 2.37. The molecule has 0 aliphatic carbocycles. The van der Waals surface area contributed by atoms with Crippen molar-refractivity contribution in [1.29, 1.82) is 0 Å². The summed E-state index contributed by atoms with van der Waals surface area (Å²) < 4.78 is 0. The van der Waals surface area contributed by atoms with Crippen LogP contribution in [0.5, 0.6) is 0 Å². The summed E-state index contributed by atoms with van der Waals surface area (Å²) in [4.78, 5) is 2.25. The molecule has 0 aromatic rings. The van der Waals surface area contributed by atoms with Crippen molar-refractivity contribution in [1.82, 2.24) is 4.90 Å². The van der Waals surface area contributed by atoms with E-state index in [-0.39, 0.29) is 0 Å². The average Bonchev–Trinajstić information content (AvgIpc) is 1.79. The van der Waals surface area contributed by atoms with Crippen molar-refractivity contribution in [2.24, 2.45) is 5.92 Å². The van der Waals surface area contributed by atoms with Crippen LogP contribution in [-0.2, 0) is 0 Å². The maximum absolute atomic E-state index is 2.29. The Balaban J connectivity index is 2.91. The topological polar surface area (TPSA) is 3.24 Å². The lowest BCUT2D eigenvalue weighted by Gasteiger charge is -2.09. The molecule has 0 atom stereocenters. The first-order chi connectivity index (χ1) is 4.63.